The lowest BCUT2D eigenvalue weighted by Gasteiger charge is -2.20. The smallest absolute Gasteiger partial charge is 0.316 e. The van der Waals surface area contributed by atoms with Gasteiger partial charge in [-0.05, 0) is 43.5 Å². The van der Waals surface area contributed by atoms with Crippen molar-refractivity contribution in [3.05, 3.63) is 59.7 Å². The van der Waals surface area contributed by atoms with Crippen molar-refractivity contribution in [2.75, 3.05) is 11.4 Å². The molecule has 25 heavy (non-hydrogen) atoms. The summed E-state index contributed by atoms with van der Waals surface area (Å²) in [6, 6.07) is 15.4. The Morgan fingerprint density at radius 1 is 1.12 bits per heavy atom. The lowest BCUT2D eigenvalue weighted by Crippen LogP contribution is -2.32. The number of amides is 1. The zero-order valence-corrected chi connectivity index (χ0v) is 14.8. The molecule has 0 radical (unpaired) electrons. The van der Waals surface area contributed by atoms with Crippen molar-refractivity contribution in [3.8, 4) is 0 Å². The van der Waals surface area contributed by atoms with Crippen molar-refractivity contribution < 1.29 is 14.7 Å². The molecule has 1 aliphatic heterocycles. The predicted molar refractivity (Wildman–Crippen MR) is 98.4 cm³/mol. The number of rotatable bonds is 4. The van der Waals surface area contributed by atoms with Crippen LogP contribution in [0, 0.1) is 0 Å². The van der Waals surface area contributed by atoms with E-state index in [-0.39, 0.29) is 11.3 Å². The van der Waals surface area contributed by atoms with Gasteiger partial charge in [0.1, 0.15) is 5.25 Å². The Labute approximate surface area is 150 Å². The molecule has 1 saturated carbocycles. The molecule has 0 aromatic heterocycles. The molecule has 1 amide bonds. The van der Waals surface area contributed by atoms with Crippen molar-refractivity contribution in [3.63, 3.8) is 0 Å². The SMILES string of the molecule is CC(Sc1ccccc1C(=O)N1CC2(CC2)c2ccccc21)C(=O)O. The van der Waals surface area contributed by atoms with Crippen molar-refractivity contribution in [1.29, 1.82) is 0 Å². The van der Waals surface area contributed by atoms with Gasteiger partial charge in [-0.15, -0.1) is 11.8 Å². The number of carbonyl (C=O) groups is 2. The number of nitrogens with zero attached hydrogens (tertiary/aromatic N) is 1. The van der Waals surface area contributed by atoms with Gasteiger partial charge in [-0.25, -0.2) is 0 Å². The Morgan fingerprint density at radius 2 is 1.80 bits per heavy atom. The molecule has 2 aliphatic rings. The van der Waals surface area contributed by atoms with Crippen LogP contribution >= 0.6 is 11.8 Å². The van der Waals surface area contributed by atoms with Gasteiger partial charge in [0, 0.05) is 22.5 Å². The molecule has 1 N–H and O–H groups in total. The lowest BCUT2D eigenvalue weighted by molar-refractivity contribution is -0.136. The van der Waals surface area contributed by atoms with Gasteiger partial charge >= 0.3 is 5.97 Å². The van der Waals surface area contributed by atoms with Crippen molar-refractivity contribution in [2.24, 2.45) is 0 Å². The highest BCUT2D eigenvalue weighted by atomic mass is 32.2. The molecular formula is C20H19NO3S. The third kappa shape index (κ3) is 2.72. The van der Waals surface area contributed by atoms with Gasteiger partial charge in [0.15, 0.2) is 0 Å². The summed E-state index contributed by atoms with van der Waals surface area (Å²) in [7, 11) is 0. The van der Waals surface area contributed by atoms with E-state index in [9.17, 15) is 14.7 Å². The Bertz CT molecular complexity index is 860. The van der Waals surface area contributed by atoms with E-state index >= 15 is 0 Å². The molecule has 0 bridgehead atoms. The highest BCUT2D eigenvalue weighted by Gasteiger charge is 2.52. The fraction of sp³-hybridized carbons (Fsp3) is 0.300. The van der Waals surface area contributed by atoms with Gasteiger partial charge in [-0.1, -0.05) is 30.3 Å². The zero-order valence-electron chi connectivity index (χ0n) is 13.9. The maximum atomic E-state index is 13.3. The van der Waals surface area contributed by atoms with Crippen LogP contribution in [0.1, 0.15) is 35.7 Å². The highest BCUT2D eigenvalue weighted by molar-refractivity contribution is 8.00. The van der Waals surface area contributed by atoms with Gasteiger partial charge < -0.3 is 10.0 Å². The van der Waals surface area contributed by atoms with E-state index in [1.54, 1.807) is 13.0 Å². The number of benzene rings is 2. The fourth-order valence-corrected chi connectivity index (χ4v) is 4.44. The third-order valence-corrected chi connectivity index (χ3v) is 6.26. The molecule has 4 nitrogen and oxygen atoms in total. The number of carboxylic acids is 1. The maximum absolute atomic E-state index is 13.3. The second-order valence-electron chi connectivity index (χ2n) is 6.78. The molecule has 1 unspecified atom stereocenters. The minimum Gasteiger partial charge on any atom is -0.480 e. The number of aliphatic carboxylic acids is 1. The molecule has 2 aromatic carbocycles. The molecule has 1 fully saturated rings. The van der Waals surface area contributed by atoms with E-state index in [1.807, 2.05) is 41.3 Å². The molecule has 128 valence electrons. The fourth-order valence-electron chi connectivity index (χ4n) is 3.52. The molecule has 4 rings (SSSR count). The molecule has 1 atom stereocenters. The van der Waals surface area contributed by atoms with Crippen LogP contribution in [-0.2, 0) is 10.2 Å². The first-order chi connectivity index (χ1) is 12.0. The second kappa shape index (κ2) is 5.92. The number of anilines is 1. The molecule has 1 spiro atoms. The van der Waals surface area contributed by atoms with Crippen molar-refractivity contribution in [2.45, 2.75) is 35.3 Å². The standard InChI is InChI=1S/C20H19NO3S/c1-13(19(23)24)25-17-9-5-2-6-14(17)18(22)21-12-20(10-11-20)15-7-3-4-8-16(15)21/h2-9,13H,10-12H2,1H3,(H,23,24). The van der Waals surface area contributed by atoms with Crippen LogP contribution < -0.4 is 4.90 Å². The Morgan fingerprint density at radius 3 is 2.52 bits per heavy atom. The van der Waals surface area contributed by atoms with Crippen LogP contribution in [0.2, 0.25) is 0 Å². The van der Waals surface area contributed by atoms with Crippen LogP contribution in [0.25, 0.3) is 0 Å². The summed E-state index contributed by atoms with van der Waals surface area (Å²) in [5.74, 6) is -0.924. The van der Waals surface area contributed by atoms with Crippen LogP contribution in [0.3, 0.4) is 0 Å². The van der Waals surface area contributed by atoms with Crippen LogP contribution in [-0.4, -0.2) is 28.8 Å². The number of fused-ring (bicyclic) bond motifs is 2. The van der Waals surface area contributed by atoms with Crippen LogP contribution in [0.15, 0.2) is 53.4 Å². The summed E-state index contributed by atoms with van der Waals surface area (Å²) in [4.78, 5) is 27.0. The van der Waals surface area contributed by atoms with Crippen molar-refractivity contribution >= 4 is 29.3 Å². The second-order valence-corrected chi connectivity index (χ2v) is 8.17. The Kier molecular flexibility index (Phi) is 3.84. The van der Waals surface area contributed by atoms with E-state index in [2.05, 4.69) is 6.07 Å². The number of hydrogen-bond donors (Lipinski definition) is 1. The molecule has 5 heteroatoms. The van der Waals surface area contributed by atoms with Gasteiger partial charge in [0.05, 0.1) is 5.56 Å². The average molecular weight is 353 g/mol. The lowest BCUT2D eigenvalue weighted by atomic mass is 9.99. The summed E-state index contributed by atoms with van der Waals surface area (Å²) in [5, 5.41) is 8.57. The summed E-state index contributed by atoms with van der Waals surface area (Å²) in [6.07, 6.45) is 2.25. The van der Waals surface area contributed by atoms with E-state index < -0.39 is 11.2 Å². The van der Waals surface area contributed by atoms with Gasteiger partial charge in [0.2, 0.25) is 0 Å². The van der Waals surface area contributed by atoms with Gasteiger partial charge in [-0.3, -0.25) is 9.59 Å². The molecule has 1 heterocycles. The van der Waals surface area contributed by atoms with Gasteiger partial charge in [-0.2, -0.15) is 0 Å². The first-order valence-electron chi connectivity index (χ1n) is 8.42. The number of hydrogen-bond acceptors (Lipinski definition) is 3. The quantitative estimate of drug-likeness (QED) is 0.846. The molecule has 0 saturated heterocycles. The maximum Gasteiger partial charge on any atom is 0.316 e. The number of thioether (sulfide) groups is 1. The highest BCUT2D eigenvalue weighted by Crippen LogP contribution is 2.56. The molecule has 2 aromatic rings. The Hall–Kier alpha value is -2.27. The summed E-state index contributed by atoms with van der Waals surface area (Å²) in [6.45, 7) is 2.36. The first-order valence-corrected chi connectivity index (χ1v) is 9.30. The molecule has 1 aliphatic carbocycles. The van der Waals surface area contributed by atoms with Crippen LogP contribution in [0.5, 0.6) is 0 Å². The molecular weight excluding hydrogens is 334 g/mol. The first kappa shape index (κ1) is 16.2. The minimum absolute atomic E-state index is 0.0445. The monoisotopic (exact) mass is 353 g/mol. The largest absolute Gasteiger partial charge is 0.480 e. The third-order valence-electron chi connectivity index (χ3n) is 5.09. The average Bonchev–Trinajstić information content (AvgIpc) is 3.32. The van der Waals surface area contributed by atoms with Gasteiger partial charge in [0.25, 0.3) is 5.91 Å². The Balaban J connectivity index is 1.68. The predicted octanol–water partition coefficient (Wildman–Crippen LogP) is 3.94. The minimum atomic E-state index is -0.879. The van der Waals surface area contributed by atoms with Crippen LogP contribution in [0.4, 0.5) is 5.69 Å². The van der Waals surface area contributed by atoms with E-state index in [0.717, 1.165) is 30.0 Å². The number of carboxylic acid groups (broad SMARTS) is 1. The topological polar surface area (TPSA) is 57.6 Å². The summed E-state index contributed by atoms with van der Waals surface area (Å²) < 4.78 is 0. The van der Waals surface area contributed by atoms with E-state index in [1.165, 1.54) is 17.3 Å². The van der Waals surface area contributed by atoms with E-state index in [0.29, 0.717) is 5.56 Å². The number of para-hydroxylation sites is 1. The normalized spacial score (nSPS) is 18.0. The van der Waals surface area contributed by atoms with E-state index in [4.69, 9.17) is 0 Å². The number of carbonyl (C=O) groups excluding carboxylic acids is 1. The van der Waals surface area contributed by atoms with Crippen molar-refractivity contribution in [1.82, 2.24) is 0 Å². The zero-order chi connectivity index (χ0) is 17.6. The summed E-state index contributed by atoms with van der Waals surface area (Å²) in [5.41, 5.74) is 2.99. The summed E-state index contributed by atoms with van der Waals surface area (Å²) >= 11 is 1.22.